The smallest absolute Gasteiger partial charge is 0.235 e. The molecule has 5 nitrogen and oxygen atoms in total. The standard InChI is InChI=1S/C18H18ClFN2O3S/c19-16-12-15(6-7-17(16)22-9-2-10-26(22,24)25)21-18(23)8-5-13-3-1-4-14(20)11-13/h1,3-4,6-7,11-12H,2,5,8-10H2,(H,21,23). The summed E-state index contributed by atoms with van der Waals surface area (Å²) in [5.74, 6) is -0.448. The van der Waals surface area contributed by atoms with Crippen molar-refractivity contribution in [2.75, 3.05) is 21.9 Å². The Balaban J connectivity index is 1.63. The number of anilines is 2. The molecule has 0 aromatic heterocycles. The molecule has 1 heterocycles. The van der Waals surface area contributed by atoms with Crippen LogP contribution >= 0.6 is 11.6 Å². The molecular formula is C18H18ClFN2O3S. The summed E-state index contributed by atoms with van der Waals surface area (Å²) in [6.45, 7) is 0.404. The lowest BCUT2D eigenvalue weighted by atomic mass is 10.1. The monoisotopic (exact) mass is 396 g/mol. The summed E-state index contributed by atoms with van der Waals surface area (Å²) in [6, 6.07) is 10.9. The second kappa shape index (κ2) is 7.63. The molecule has 138 valence electrons. The fourth-order valence-electron chi connectivity index (χ4n) is 2.87. The van der Waals surface area contributed by atoms with Crippen molar-refractivity contribution >= 4 is 38.9 Å². The number of carbonyl (C=O) groups is 1. The van der Waals surface area contributed by atoms with Crippen LogP contribution in [-0.4, -0.2) is 26.6 Å². The highest BCUT2D eigenvalue weighted by Gasteiger charge is 2.29. The van der Waals surface area contributed by atoms with Crippen LogP contribution in [0.1, 0.15) is 18.4 Å². The zero-order valence-electron chi connectivity index (χ0n) is 13.9. The first-order chi connectivity index (χ1) is 12.3. The summed E-state index contributed by atoms with van der Waals surface area (Å²) < 4.78 is 38.4. The summed E-state index contributed by atoms with van der Waals surface area (Å²) in [5, 5.41) is 2.98. The van der Waals surface area contributed by atoms with Crippen LogP contribution in [0.2, 0.25) is 5.02 Å². The average Bonchev–Trinajstić information content (AvgIpc) is 2.92. The minimum absolute atomic E-state index is 0.113. The van der Waals surface area contributed by atoms with Gasteiger partial charge in [0, 0.05) is 18.7 Å². The fraction of sp³-hybridized carbons (Fsp3) is 0.278. The molecule has 1 saturated heterocycles. The summed E-state index contributed by atoms with van der Waals surface area (Å²) in [7, 11) is -3.31. The van der Waals surface area contributed by atoms with E-state index in [-0.39, 0.29) is 28.9 Å². The molecule has 1 aliphatic heterocycles. The molecule has 1 amide bonds. The first kappa shape index (κ1) is 18.7. The van der Waals surface area contributed by atoms with E-state index in [1.54, 1.807) is 24.3 Å². The Morgan fingerprint density at radius 3 is 2.69 bits per heavy atom. The van der Waals surface area contributed by atoms with Crippen LogP contribution in [-0.2, 0) is 21.2 Å². The predicted octanol–water partition coefficient (Wildman–Crippen LogP) is 3.59. The first-order valence-electron chi connectivity index (χ1n) is 8.19. The van der Waals surface area contributed by atoms with Gasteiger partial charge in [0.15, 0.2) is 0 Å². The number of hydrogen-bond acceptors (Lipinski definition) is 3. The normalized spacial score (nSPS) is 15.8. The van der Waals surface area contributed by atoms with Crippen molar-refractivity contribution < 1.29 is 17.6 Å². The minimum Gasteiger partial charge on any atom is -0.326 e. The van der Waals surface area contributed by atoms with Gasteiger partial charge < -0.3 is 5.32 Å². The van der Waals surface area contributed by atoms with Crippen molar-refractivity contribution in [3.8, 4) is 0 Å². The Labute approximate surface area is 156 Å². The van der Waals surface area contributed by atoms with Gasteiger partial charge >= 0.3 is 0 Å². The second-order valence-electron chi connectivity index (χ2n) is 6.09. The molecule has 0 spiro atoms. The molecule has 0 bridgehead atoms. The predicted molar refractivity (Wildman–Crippen MR) is 101 cm³/mol. The van der Waals surface area contributed by atoms with Gasteiger partial charge in [-0.3, -0.25) is 9.10 Å². The van der Waals surface area contributed by atoms with E-state index in [0.29, 0.717) is 30.8 Å². The van der Waals surface area contributed by atoms with Gasteiger partial charge in [-0.2, -0.15) is 0 Å². The number of benzene rings is 2. The fourth-order valence-corrected chi connectivity index (χ4v) is 4.78. The van der Waals surface area contributed by atoms with Gasteiger partial charge in [-0.15, -0.1) is 0 Å². The average molecular weight is 397 g/mol. The van der Waals surface area contributed by atoms with E-state index in [0.717, 1.165) is 5.56 Å². The molecular weight excluding hydrogens is 379 g/mol. The van der Waals surface area contributed by atoms with Gasteiger partial charge in [0.05, 0.1) is 16.5 Å². The van der Waals surface area contributed by atoms with Crippen molar-refractivity contribution in [3.63, 3.8) is 0 Å². The van der Waals surface area contributed by atoms with Crippen molar-refractivity contribution in [2.24, 2.45) is 0 Å². The number of halogens is 2. The lowest BCUT2D eigenvalue weighted by molar-refractivity contribution is -0.116. The largest absolute Gasteiger partial charge is 0.326 e. The lowest BCUT2D eigenvalue weighted by Crippen LogP contribution is -2.25. The van der Waals surface area contributed by atoms with E-state index < -0.39 is 10.0 Å². The zero-order chi connectivity index (χ0) is 18.7. The maximum Gasteiger partial charge on any atom is 0.235 e. The van der Waals surface area contributed by atoms with Crippen molar-refractivity contribution in [3.05, 3.63) is 58.9 Å². The highest BCUT2D eigenvalue weighted by Crippen LogP contribution is 2.33. The lowest BCUT2D eigenvalue weighted by Gasteiger charge is -2.19. The molecule has 2 aromatic rings. The number of hydrogen-bond donors (Lipinski definition) is 1. The number of amides is 1. The van der Waals surface area contributed by atoms with Crippen LogP contribution in [0, 0.1) is 5.82 Å². The number of nitrogens with one attached hydrogen (secondary N) is 1. The molecule has 1 aliphatic rings. The van der Waals surface area contributed by atoms with Crippen LogP contribution in [0.3, 0.4) is 0 Å². The van der Waals surface area contributed by atoms with Gasteiger partial charge in [-0.25, -0.2) is 12.8 Å². The van der Waals surface area contributed by atoms with Gasteiger partial charge in [0.25, 0.3) is 0 Å². The van der Waals surface area contributed by atoms with Gasteiger partial charge in [0.2, 0.25) is 15.9 Å². The van der Waals surface area contributed by atoms with Crippen LogP contribution < -0.4 is 9.62 Å². The molecule has 0 atom stereocenters. The van der Waals surface area contributed by atoms with E-state index in [1.807, 2.05) is 0 Å². The van der Waals surface area contributed by atoms with E-state index in [2.05, 4.69) is 5.32 Å². The molecule has 2 aromatic carbocycles. The maximum absolute atomic E-state index is 13.1. The number of sulfonamides is 1. The summed E-state index contributed by atoms with van der Waals surface area (Å²) in [5.41, 5.74) is 1.65. The van der Waals surface area contributed by atoms with Crippen LogP contribution in [0.5, 0.6) is 0 Å². The Morgan fingerprint density at radius 2 is 2.04 bits per heavy atom. The summed E-state index contributed by atoms with van der Waals surface area (Å²) in [6.07, 6.45) is 1.18. The van der Waals surface area contributed by atoms with E-state index in [9.17, 15) is 17.6 Å². The molecule has 0 unspecified atom stereocenters. The zero-order valence-corrected chi connectivity index (χ0v) is 15.5. The highest BCUT2D eigenvalue weighted by atomic mass is 35.5. The van der Waals surface area contributed by atoms with Crippen LogP contribution in [0.15, 0.2) is 42.5 Å². The van der Waals surface area contributed by atoms with Crippen molar-refractivity contribution in [1.82, 2.24) is 0 Å². The Kier molecular flexibility index (Phi) is 5.48. The number of rotatable bonds is 5. The molecule has 0 aliphatic carbocycles. The molecule has 0 saturated carbocycles. The molecule has 26 heavy (non-hydrogen) atoms. The van der Waals surface area contributed by atoms with Gasteiger partial charge in [-0.1, -0.05) is 23.7 Å². The Bertz CT molecular complexity index is 934. The number of nitrogens with zero attached hydrogens (tertiary/aromatic N) is 1. The SMILES string of the molecule is O=C(CCc1cccc(F)c1)Nc1ccc(N2CCCS2(=O)=O)c(Cl)c1. The molecule has 3 rings (SSSR count). The van der Waals surface area contributed by atoms with Crippen LogP contribution in [0.4, 0.5) is 15.8 Å². The van der Waals surface area contributed by atoms with E-state index in [1.165, 1.54) is 22.5 Å². The molecule has 0 radical (unpaired) electrons. The Morgan fingerprint density at radius 1 is 1.23 bits per heavy atom. The quantitative estimate of drug-likeness (QED) is 0.839. The topological polar surface area (TPSA) is 66.5 Å². The Hall–Kier alpha value is -2.12. The molecule has 1 N–H and O–H groups in total. The van der Waals surface area contributed by atoms with Crippen LogP contribution in [0.25, 0.3) is 0 Å². The number of carbonyl (C=O) groups excluding carboxylic acids is 1. The minimum atomic E-state index is -3.31. The van der Waals surface area contributed by atoms with Crippen molar-refractivity contribution in [1.29, 1.82) is 0 Å². The van der Waals surface area contributed by atoms with E-state index >= 15 is 0 Å². The van der Waals surface area contributed by atoms with Gasteiger partial charge in [0.1, 0.15) is 5.82 Å². The van der Waals surface area contributed by atoms with E-state index in [4.69, 9.17) is 11.6 Å². The second-order valence-corrected chi connectivity index (χ2v) is 8.51. The molecule has 1 fully saturated rings. The third-order valence-corrected chi connectivity index (χ3v) is 6.29. The third-order valence-electron chi connectivity index (χ3n) is 4.13. The molecule has 8 heteroatoms. The maximum atomic E-state index is 13.1. The highest BCUT2D eigenvalue weighted by molar-refractivity contribution is 7.93. The first-order valence-corrected chi connectivity index (χ1v) is 10.2. The van der Waals surface area contributed by atoms with Gasteiger partial charge in [-0.05, 0) is 48.7 Å². The van der Waals surface area contributed by atoms with Crippen molar-refractivity contribution in [2.45, 2.75) is 19.3 Å². The summed E-state index contributed by atoms with van der Waals surface area (Å²) in [4.78, 5) is 12.1. The third kappa shape index (κ3) is 4.34. The summed E-state index contributed by atoms with van der Waals surface area (Å²) >= 11 is 6.21. The number of aryl methyl sites for hydroxylation is 1.